The summed E-state index contributed by atoms with van der Waals surface area (Å²) in [6, 6.07) is 23.5. The number of nitrogens with one attached hydrogen (secondary N) is 2. The number of nitrogens with zero attached hydrogens (tertiary/aromatic N) is 1. The molecule has 1 aliphatic heterocycles. The third-order valence-corrected chi connectivity index (χ3v) is 6.65. The van der Waals surface area contributed by atoms with Crippen LogP contribution in [0.15, 0.2) is 78.9 Å². The third-order valence-electron chi connectivity index (χ3n) is 6.65. The van der Waals surface area contributed by atoms with E-state index in [-0.39, 0.29) is 11.8 Å². The molecule has 3 aromatic carbocycles. The molecule has 2 atom stereocenters. The minimum absolute atomic E-state index is 0.0744. The molecule has 0 bridgehead atoms. The molecule has 6 heteroatoms. The SMILES string of the molecule is Cc1ccc(NCC2(C=O)CN(C)CC2c2ccc(C=CC(=O)Nc3ccccc3N)cc2)cc1. The van der Waals surface area contributed by atoms with Crippen LogP contribution in [0.4, 0.5) is 17.1 Å². The van der Waals surface area contributed by atoms with Gasteiger partial charge in [-0.1, -0.05) is 54.1 Å². The summed E-state index contributed by atoms with van der Waals surface area (Å²) in [5.74, 6) is -0.170. The summed E-state index contributed by atoms with van der Waals surface area (Å²) in [6.07, 6.45) is 4.38. The molecule has 0 saturated carbocycles. The summed E-state index contributed by atoms with van der Waals surface area (Å²) < 4.78 is 0. The Labute approximate surface area is 206 Å². The topological polar surface area (TPSA) is 87.5 Å². The molecule has 6 nitrogen and oxygen atoms in total. The third kappa shape index (κ3) is 5.78. The van der Waals surface area contributed by atoms with Crippen LogP contribution in [0.3, 0.4) is 0 Å². The minimum atomic E-state index is -0.521. The first-order chi connectivity index (χ1) is 16.9. The predicted molar refractivity (Wildman–Crippen MR) is 143 cm³/mol. The van der Waals surface area contributed by atoms with E-state index in [1.54, 1.807) is 18.2 Å². The fraction of sp³-hybridized carbons (Fsp3) is 0.241. The van der Waals surface area contributed by atoms with E-state index < -0.39 is 5.41 Å². The van der Waals surface area contributed by atoms with E-state index in [0.29, 0.717) is 24.5 Å². The van der Waals surface area contributed by atoms with Gasteiger partial charge in [0.05, 0.1) is 16.8 Å². The van der Waals surface area contributed by atoms with Gasteiger partial charge in [-0.3, -0.25) is 4.79 Å². The molecule has 1 fully saturated rings. The van der Waals surface area contributed by atoms with Crippen LogP contribution in [-0.4, -0.2) is 43.8 Å². The lowest BCUT2D eigenvalue weighted by Gasteiger charge is -2.30. The van der Waals surface area contributed by atoms with Crippen LogP contribution >= 0.6 is 0 Å². The molecule has 0 radical (unpaired) electrons. The zero-order chi connectivity index (χ0) is 24.8. The lowest BCUT2D eigenvalue weighted by Crippen LogP contribution is -2.38. The Morgan fingerprint density at radius 3 is 2.49 bits per heavy atom. The molecule has 1 aliphatic rings. The number of nitrogen functional groups attached to an aromatic ring is 1. The largest absolute Gasteiger partial charge is 0.397 e. The first kappa shape index (κ1) is 24.2. The normalized spacial score (nSPS) is 20.1. The molecule has 1 saturated heterocycles. The molecular weight excluding hydrogens is 436 g/mol. The van der Waals surface area contributed by atoms with E-state index in [4.69, 9.17) is 5.73 Å². The second kappa shape index (κ2) is 10.6. The van der Waals surface area contributed by atoms with E-state index in [1.807, 2.05) is 36.4 Å². The average molecular weight is 469 g/mol. The van der Waals surface area contributed by atoms with E-state index in [1.165, 1.54) is 11.6 Å². The second-order valence-electron chi connectivity index (χ2n) is 9.40. The number of carbonyl (C=O) groups excluding carboxylic acids is 2. The van der Waals surface area contributed by atoms with E-state index in [2.05, 4.69) is 53.8 Å². The van der Waals surface area contributed by atoms with Gasteiger partial charge in [-0.05, 0) is 55.4 Å². The maximum absolute atomic E-state index is 12.4. The van der Waals surface area contributed by atoms with Crippen LogP contribution in [-0.2, 0) is 9.59 Å². The van der Waals surface area contributed by atoms with Crippen molar-refractivity contribution in [2.24, 2.45) is 5.41 Å². The summed E-state index contributed by atoms with van der Waals surface area (Å²) in [4.78, 5) is 26.9. The highest BCUT2D eigenvalue weighted by Gasteiger charge is 2.46. The molecule has 1 heterocycles. The summed E-state index contributed by atoms with van der Waals surface area (Å²) in [5, 5.41) is 6.26. The Hall–Kier alpha value is -3.90. The number of nitrogens with two attached hydrogens (primary N) is 1. The fourth-order valence-corrected chi connectivity index (χ4v) is 4.68. The van der Waals surface area contributed by atoms with Crippen molar-refractivity contribution < 1.29 is 9.59 Å². The molecule has 180 valence electrons. The monoisotopic (exact) mass is 468 g/mol. The van der Waals surface area contributed by atoms with Crippen LogP contribution in [0.5, 0.6) is 0 Å². The first-order valence-electron chi connectivity index (χ1n) is 11.8. The highest BCUT2D eigenvalue weighted by molar-refractivity contribution is 6.03. The number of likely N-dealkylation sites (tertiary alicyclic amines) is 1. The van der Waals surface area contributed by atoms with Gasteiger partial charge in [0.25, 0.3) is 0 Å². The number of rotatable bonds is 8. The van der Waals surface area contributed by atoms with Gasteiger partial charge in [0.2, 0.25) is 5.91 Å². The number of aldehydes is 1. The highest BCUT2D eigenvalue weighted by atomic mass is 16.1. The molecule has 1 amide bonds. The van der Waals surface area contributed by atoms with Gasteiger partial charge in [0, 0.05) is 37.3 Å². The summed E-state index contributed by atoms with van der Waals surface area (Å²) in [7, 11) is 2.05. The number of aryl methyl sites for hydroxylation is 1. The highest BCUT2D eigenvalue weighted by Crippen LogP contribution is 2.41. The first-order valence-corrected chi connectivity index (χ1v) is 11.8. The smallest absolute Gasteiger partial charge is 0.248 e. The fourth-order valence-electron chi connectivity index (χ4n) is 4.68. The van der Waals surface area contributed by atoms with E-state index >= 15 is 0 Å². The molecular formula is C29H32N4O2. The standard InChI is InChI=1S/C29H32N4O2/c1-21-7-14-24(15-8-21)31-18-29(20-34)19-33(2)17-25(29)23-12-9-22(10-13-23)11-16-28(35)32-27-6-4-3-5-26(27)30/h3-16,20,25,31H,17-19,30H2,1-2H3,(H,32,35). The number of likely N-dealkylation sites (N-methyl/N-ethyl adjacent to an activating group) is 1. The lowest BCUT2D eigenvalue weighted by atomic mass is 9.75. The van der Waals surface area contributed by atoms with Crippen molar-refractivity contribution in [1.82, 2.24) is 4.90 Å². The number of anilines is 3. The summed E-state index contributed by atoms with van der Waals surface area (Å²) >= 11 is 0. The molecule has 0 aliphatic carbocycles. The number of amides is 1. The van der Waals surface area contributed by atoms with Crippen LogP contribution in [0.2, 0.25) is 0 Å². The number of hydrogen-bond donors (Lipinski definition) is 3. The van der Waals surface area contributed by atoms with Crippen molar-refractivity contribution in [1.29, 1.82) is 0 Å². The van der Waals surface area contributed by atoms with Crippen molar-refractivity contribution in [3.05, 3.63) is 95.6 Å². The van der Waals surface area contributed by atoms with Crippen LogP contribution < -0.4 is 16.4 Å². The van der Waals surface area contributed by atoms with Crippen molar-refractivity contribution in [2.75, 3.05) is 43.0 Å². The number of carbonyl (C=O) groups is 2. The molecule has 0 aromatic heterocycles. The summed E-state index contributed by atoms with van der Waals surface area (Å²) in [5.41, 5.74) is 10.7. The van der Waals surface area contributed by atoms with Crippen molar-refractivity contribution in [3.63, 3.8) is 0 Å². The zero-order valence-corrected chi connectivity index (χ0v) is 20.2. The van der Waals surface area contributed by atoms with Crippen LogP contribution in [0.25, 0.3) is 6.08 Å². The number of hydrogen-bond acceptors (Lipinski definition) is 5. The Bertz CT molecular complexity index is 1200. The van der Waals surface area contributed by atoms with Gasteiger partial charge >= 0.3 is 0 Å². The molecule has 4 rings (SSSR count). The van der Waals surface area contributed by atoms with Crippen molar-refractivity contribution in [2.45, 2.75) is 12.8 Å². The maximum Gasteiger partial charge on any atom is 0.248 e. The summed E-state index contributed by atoms with van der Waals surface area (Å²) in [6.45, 7) is 4.14. The Kier molecular flexibility index (Phi) is 7.32. The average Bonchev–Trinajstić information content (AvgIpc) is 3.21. The predicted octanol–water partition coefficient (Wildman–Crippen LogP) is 4.56. The van der Waals surface area contributed by atoms with Gasteiger partial charge in [0.15, 0.2) is 0 Å². The Morgan fingerprint density at radius 2 is 1.80 bits per heavy atom. The second-order valence-corrected chi connectivity index (χ2v) is 9.40. The van der Waals surface area contributed by atoms with Gasteiger partial charge in [0.1, 0.15) is 6.29 Å². The minimum Gasteiger partial charge on any atom is -0.397 e. The van der Waals surface area contributed by atoms with Crippen LogP contribution in [0.1, 0.15) is 22.6 Å². The number of para-hydroxylation sites is 2. The molecule has 0 spiro atoms. The Morgan fingerprint density at radius 1 is 1.09 bits per heavy atom. The van der Waals surface area contributed by atoms with Crippen molar-refractivity contribution >= 4 is 35.3 Å². The molecule has 3 aromatic rings. The lowest BCUT2D eigenvalue weighted by molar-refractivity contribution is -0.115. The Balaban J connectivity index is 1.44. The van der Waals surface area contributed by atoms with Gasteiger partial charge in [-0.15, -0.1) is 0 Å². The van der Waals surface area contributed by atoms with Gasteiger partial charge < -0.3 is 26.1 Å². The maximum atomic E-state index is 12.4. The zero-order valence-electron chi connectivity index (χ0n) is 20.2. The van der Waals surface area contributed by atoms with Gasteiger partial charge in [-0.25, -0.2) is 0 Å². The molecule has 2 unspecified atom stereocenters. The quantitative estimate of drug-likeness (QED) is 0.256. The molecule has 35 heavy (non-hydrogen) atoms. The van der Waals surface area contributed by atoms with Crippen LogP contribution in [0, 0.1) is 12.3 Å². The number of benzene rings is 3. The van der Waals surface area contributed by atoms with Gasteiger partial charge in [-0.2, -0.15) is 0 Å². The van der Waals surface area contributed by atoms with E-state index in [9.17, 15) is 9.59 Å². The van der Waals surface area contributed by atoms with Crippen molar-refractivity contribution in [3.8, 4) is 0 Å². The van der Waals surface area contributed by atoms with E-state index in [0.717, 1.165) is 29.6 Å². The molecule has 4 N–H and O–H groups in total.